The molecular formula is C18H22FNO2. The lowest BCUT2D eigenvalue weighted by Gasteiger charge is -2.22. The van der Waals surface area contributed by atoms with Crippen LogP contribution in [-0.4, -0.2) is 36.6 Å². The summed E-state index contributed by atoms with van der Waals surface area (Å²) in [6, 6.07) is 6.34. The van der Waals surface area contributed by atoms with Gasteiger partial charge in [-0.15, -0.1) is 6.42 Å². The third-order valence-corrected chi connectivity index (χ3v) is 2.75. The van der Waals surface area contributed by atoms with Crippen molar-refractivity contribution < 1.29 is 13.9 Å². The summed E-state index contributed by atoms with van der Waals surface area (Å²) < 4.78 is 19.0. The molecule has 0 aliphatic rings. The van der Waals surface area contributed by atoms with Crippen molar-refractivity contribution in [1.29, 1.82) is 0 Å². The SMILES string of the molecule is C#CC(=CCN(C)CC(=O)OC(C)(C)C)c1ccccc1F. The molecule has 0 aliphatic heterocycles. The third-order valence-electron chi connectivity index (χ3n) is 2.75. The highest BCUT2D eigenvalue weighted by atomic mass is 19.1. The third kappa shape index (κ3) is 6.11. The van der Waals surface area contributed by atoms with Crippen molar-refractivity contribution in [3.8, 4) is 12.3 Å². The highest BCUT2D eigenvalue weighted by Gasteiger charge is 2.17. The molecule has 0 spiro atoms. The summed E-state index contributed by atoms with van der Waals surface area (Å²) in [5.41, 5.74) is 0.343. The van der Waals surface area contributed by atoms with E-state index in [4.69, 9.17) is 11.2 Å². The number of carbonyl (C=O) groups is 1. The molecule has 0 aliphatic carbocycles. The van der Waals surface area contributed by atoms with Crippen LogP contribution in [0.3, 0.4) is 0 Å². The Morgan fingerprint density at radius 3 is 2.59 bits per heavy atom. The Morgan fingerprint density at radius 2 is 2.05 bits per heavy atom. The van der Waals surface area contributed by atoms with Gasteiger partial charge in [0.1, 0.15) is 11.4 Å². The molecule has 0 unspecified atom stereocenters. The molecule has 0 atom stereocenters. The van der Waals surface area contributed by atoms with E-state index in [2.05, 4.69) is 5.92 Å². The number of halogens is 1. The standard InChI is InChI=1S/C18H22FNO2/c1-6-14(15-9-7-8-10-16(15)19)11-12-20(5)13-17(21)22-18(2,3)4/h1,7-11H,12-13H2,2-5H3. The van der Waals surface area contributed by atoms with Crippen molar-refractivity contribution in [1.82, 2.24) is 4.90 Å². The molecule has 0 bridgehead atoms. The van der Waals surface area contributed by atoms with Gasteiger partial charge in [0.05, 0.1) is 6.54 Å². The second-order valence-electron chi connectivity index (χ2n) is 6.03. The summed E-state index contributed by atoms with van der Waals surface area (Å²) >= 11 is 0. The van der Waals surface area contributed by atoms with Crippen molar-refractivity contribution in [2.24, 2.45) is 0 Å². The van der Waals surface area contributed by atoms with Crippen molar-refractivity contribution >= 4 is 11.5 Å². The van der Waals surface area contributed by atoms with E-state index in [9.17, 15) is 9.18 Å². The highest BCUT2D eigenvalue weighted by Crippen LogP contribution is 2.17. The number of nitrogens with zero attached hydrogens (tertiary/aromatic N) is 1. The predicted octanol–water partition coefficient (Wildman–Crippen LogP) is 3.12. The summed E-state index contributed by atoms with van der Waals surface area (Å²) in [4.78, 5) is 13.5. The van der Waals surface area contributed by atoms with Gasteiger partial charge in [-0.3, -0.25) is 9.69 Å². The molecule has 1 rings (SSSR count). The van der Waals surface area contributed by atoms with E-state index in [0.717, 1.165) is 0 Å². The largest absolute Gasteiger partial charge is 0.459 e. The Kier molecular flexibility index (Phi) is 6.33. The van der Waals surface area contributed by atoms with Crippen LogP contribution in [0.5, 0.6) is 0 Å². The van der Waals surface area contributed by atoms with E-state index in [1.807, 2.05) is 20.8 Å². The van der Waals surface area contributed by atoms with Crippen molar-refractivity contribution in [2.45, 2.75) is 26.4 Å². The Bertz CT molecular complexity index is 594. The number of terminal acetylenes is 1. The zero-order valence-electron chi connectivity index (χ0n) is 13.5. The minimum Gasteiger partial charge on any atom is -0.459 e. The van der Waals surface area contributed by atoms with Gasteiger partial charge in [-0.25, -0.2) is 4.39 Å². The smallest absolute Gasteiger partial charge is 0.320 e. The fourth-order valence-corrected chi connectivity index (χ4v) is 1.83. The average molecular weight is 303 g/mol. The number of allylic oxidation sites excluding steroid dienone is 1. The summed E-state index contributed by atoms with van der Waals surface area (Å²) in [5, 5.41) is 0. The van der Waals surface area contributed by atoms with Crippen LogP contribution >= 0.6 is 0 Å². The van der Waals surface area contributed by atoms with Gasteiger partial charge in [-0.2, -0.15) is 0 Å². The van der Waals surface area contributed by atoms with Crippen molar-refractivity contribution in [2.75, 3.05) is 20.1 Å². The summed E-state index contributed by atoms with van der Waals surface area (Å²) in [5.74, 6) is 1.82. The van der Waals surface area contributed by atoms with Crippen molar-refractivity contribution in [3.63, 3.8) is 0 Å². The van der Waals surface area contributed by atoms with Crippen LogP contribution in [0, 0.1) is 18.2 Å². The van der Waals surface area contributed by atoms with Crippen LogP contribution in [0.25, 0.3) is 5.57 Å². The number of likely N-dealkylation sites (N-methyl/N-ethyl adjacent to an activating group) is 1. The van der Waals surface area contributed by atoms with Gasteiger partial charge in [0.25, 0.3) is 0 Å². The molecule has 118 valence electrons. The fourth-order valence-electron chi connectivity index (χ4n) is 1.83. The van der Waals surface area contributed by atoms with E-state index in [1.54, 1.807) is 36.2 Å². The zero-order valence-corrected chi connectivity index (χ0v) is 13.5. The first-order valence-electron chi connectivity index (χ1n) is 7.05. The first kappa shape index (κ1) is 17.9. The molecule has 0 amide bonds. The number of benzene rings is 1. The predicted molar refractivity (Wildman–Crippen MR) is 86.6 cm³/mol. The number of hydrogen-bond donors (Lipinski definition) is 0. The van der Waals surface area contributed by atoms with Crippen LogP contribution in [0.2, 0.25) is 0 Å². The molecule has 4 heteroatoms. The summed E-state index contributed by atoms with van der Waals surface area (Å²) in [7, 11) is 1.77. The van der Waals surface area contributed by atoms with E-state index in [0.29, 0.717) is 17.7 Å². The number of esters is 1. The van der Waals surface area contributed by atoms with Gasteiger partial charge in [-0.1, -0.05) is 30.2 Å². The molecule has 0 saturated heterocycles. The van der Waals surface area contributed by atoms with Crippen LogP contribution in [0.15, 0.2) is 30.3 Å². The molecule has 1 aromatic carbocycles. The van der Waals surface area contributed by atoms with Crippen LogP contribution in [0.4, 0.5) is 4.39 Å². The summed E-state index contributed by atoms with van der Waals surface area (Å²) in [6.45, 7) is 6.02. The van der Waals surface area contributed by atoms with E-state index in [1.165, 1.54) is 6.07 Å². The fraction of sp³-hybridized carbons (Fsp3) is 0.389. The van der Waals surface area contributed by atoms with E-state index < -0.39 is 5.60 Å². The maximum Gasteiger partial charge on any atom is 0.320 e. The minimum atomic E-state index is -0.509. The molecule has 0 aromatic heterocycles. The Balaban J connectivity index is 2.68. The molecular weight excluding hydrogens is 281 g/mol. The molecule has 3 nitrogen and oxygen atoms in total. The number of rotatable bonds is 5. The van der Waals surface area contributed by atoms with E-state index in [-0.39, 0.29) is 18.3 Å². The molecule has 22 heavy (non-hydrogen) atoms. The lowest BCUT2D eigenvalue weighted by Crippen LogP contribution is -2.32. The molecule has 0 N–H and O–H groups in total. The molecule has 0 radical (unpaired) electrons. The first-order chi connectivity index (χ1) is 10.2. The van der Waals surface area contributed by atoms with Crippen molar-refractivity contribution in [3.05, 3.63) is 41.7 Å². The summed E-state index contributed by atoms with van der Waals surface area (Å²) in [6.07, 6.45) is 7.17. The molecule has 0 heterocycles. The van der Waals surface area contributed by atoms with E-state index >= 15 is 0 Å². The molecule has 0 fully saturated rings. The van der Waals surface area contributed by atoms with Gasteiger partial charge in [0.15, 0.2) is 0 Å². The van der Waals surface area contributed by atoms with Gasteiger partial charge < -0.3 is 4.74 Å². The van der Waals surface area contributed by atoms with Crippen LogP contribution in [0.1, 0.15) is 26.3 Å². The maximum atomic E-state index is 13.7. The number of ether oxygens (including phenoxy) is 1. The Morgan fingerprint density at radius 1 is 1.41 bits per heavy atom. The normalized spacial score (nSPS) is 12.1. The second kappa shape index (κ2) is 7.77. The average Bonchev–Trinajstić information content (AvgIpc) is 2.38. The lowest BCUT2D eigenvalue weighted by molar-refractivity contribution is -0.155. The lowest BCUT2D eigenvalue weighted by atomic mass is 10.1. The monoisotopic (exact) mass is 303 g/mol. The quantitative estimate of drug-likeness (QED) is 0.618. The minimum absolute atomic E-state index is 0.142. The zero-order chi connectivity index (χ0) is 16.8. The van der Waals surface area contributed by atoms with Gasteiger partial charge >= 0.3 is 5.97 Å². The van der Waals surface area contributed by atoms with Gasteiger partial charge in [0.2, 0.25) is 0 Å². The van der Waals surface area contributed by atoms with Crippen LogP contribution in [-0.2, 0) is 9.53 Å². The topological polar surface area (TPSA) is 29.5 Å². The van der Waals surface area contributed by atoms with Gasteiger partial charge in [-0.05, 0) is 33.9 Å². The Hall–Kier alpha value is -2.12. The number of hydrogen-bond acceptors (Lipinski definition) is 3. The maximum absolute atomic E-state index is 13.7. The van der Waals surface area contributed by atoms with Crippen LogP contribution < -0.4 is 0 Å². The first-order valence-corrected chi connectivity index (χ1v) is 7.05. The van der Waals surface area contributed by atoms with Gasteiger partial charge in [0, 0.05) is 17.7 Å². The molecule has 0 saturated carbocycles. The number of carbonyl (C=O) groups excluding carboxylic acids is 1. The molecule has 1 aromatic rings. The second-order valence-corrected chi connectivity index (χ2v) is 6.03. The Labute approximate surface area is 131 Å². The highest BCUT2D eigenvalue weighted by molar-refractivity contribution is 5.78.